The Morgan fingerprint density at radius 1 is 1.20 bits per heavy atom. The van der Waals surface area contributed by atoms with Gasteiger partial charge in [-0.05, 0) is 25.5 Å². The molecule has 0 aliphatic heterocycles. The molecule has 0 aliphatic carbocycles. The fraction of sp³-hybridized carbons (Fsp3) is 0.250. The highest BCUT2D eigenvalue weighted by molar-refractivity contribution is 6.31. The van der Waals surface area contributed by atoms with Crippen molar-refractivity contribution in [3.63, 3.8) is 0 Å². The number of hydrogen-bond donors (Lipinski definition) is 0. The second kappa shape index (κ2) is 8.11. The van der Waals surface area contributed by atoms with Gasteiger partial charge in [0.1, 0.15) is 11.0 Å². The second-order valence-electron chi connectivity index (χ2n) is 6.45. The standard InChI is InChI=1S/C20H19ClN6O3/c1-4-30-19(28)13-9-22-26(11-13)20-24-16-10-23-27(17(16)18(25-20)29-3)12(2)14-7-5-6-8-15(14)21/h5-12H,4H2,1-3H3/t12-/m0/s1. The Balaban J connectivity index is 1.77. The molecule has 1 atom stereocenters. The van der Waals surface area contributed by atoms with Crippen molar-refractivity contribution in [1.29, 1.82) is 0 Å². The molecule has 4 aromatic rings. The summed E-state index contributed by atoms with van der Waals surface area (Å²) in [7, 11) is 1.52. The largest absolute Gasteiger partial charge is 0.479 e. The number of halogens is 1. The molecule has 0 bridgehead atoms. The van der Waals surface area contributed by atoms with Crippen LogP contribution in [0.15, 0.2) is 42.9 Å². The molecule has 1 aromatic carbocycles. The van der Waals surface area contributed by atoms with Crippen LogP contribution in [0.1, 0.15) is 35.8 Å². The maximum Gasteiger partial charge on any atom is 0.341 e. The van der Waals surface area contributed by atoms with Crippen LogP contribution in [-0.2, 0) is 4.74 Å². The maximum absolute atomic E-state index is 11.9. The SMILES string of the molecule is CCOC(=O)c1cnn(-c2nc(OC)c3c(cnn3[C@@H](C)c3ccccc3Cl)n2)c1. The zero-order valence-corrected chi connectivity index (χ0v) is 17.4. The number of carbonyl (C=O) groups is 1. The topological polar surface area (TPSA) is 97.0 Å². The number of ether oxygens (including phenoxy) is 2. The molecule has 9 nitrogen and oxygen atoms in total. The van der Waals surface area contributed by atoms with E-state index in [-0.39, 0.29) is 18.6 Å². The molecule has 0 unspecified atom stereocenters. The summed E-state index contributed by atoms with van der Waals surface area (Å²) in [4.78, 5) is 20.9. The highest BCUT2D eigenvalue weighted by Crippen LogP contribution is 2.31. The van der Waals surface area contributed by atoms with Crippen molar-refractivity contribution >= 4 is 28.6 Å². The first-order valence-electron chi connectivity index (χ1n) is 9.29. The Morgan fingerprint density at radius 2 is 2.00 bits per heavy atom. The number of fused-ring (bicyclic) bond motifs is 1. The van der Waals surface area contributed by atoms with E-state index in [0.717, 1.165) is 5.56 Å². The van der Waals surface area contributed by atoms with Crippen LogP contribution in [0, 0.1) is 0 Å². The Hall–Kier alpha value is -3.46. The van der Waals surface area contributed by atoms with Gasteiger partial charge in [-0.3, -0.25) is 4.68 Å². The lowest BCUT2D eigenvalue weighted by Gasteiger charge is -2.16. The average Bonchev–Trinajstić information content (AvgIpc) is 3.40. The summed E-state index contributed by atoms with van der Waals surface area (Å²) in [6.07, 6.45) is 4.54. The molecule has 0 radical (unpaired) electrons. The Morgan fingerprint density at radius 3 is 2.73 bits per heavy atom. The molecule has 0 aliphatic rings. The van der Waals surface area contributed by atoms with Crippen molar-refractivity contribution in [2.45, 2.75) is 19.9 Å². The van der Waals surface area contributed by atoms with Gasteiger partial charge >= 0.3 is 5.97 Å². The van der Waals surface area contributed by atoms with Crippen LogP contribution in [0.5, 0.6) is 5.88 Å². The van der Waals surface area contributed by atoms with E-state index < -0.39 is 5.97 Å². The summed E-state index contributed by atoms with van der Waals surface area (Å²) < 4.78 is 13.7. The summed E-state index contributed by atoms with van der Waals surface area (Å²) >= 11 is 6.36. The number of hydrogen-bond acceptors (Lipinski definition) is 7. The number of nitrogens with zero attached hydrogens (tertiary/aromatic N) is 6. The van der Waals surface area contributed by atoms with Gasteiger partial charge < -0.3 is 9.47 Å². The number of benzene rings is 1. The van der Waals surface area contributed by atoms with E-state index in [1.54, 1.807) is 17.8 Å². The lowest BCUT2D eigenvalue weighted by atomic mass is 10.1. The van der Waals surface area contributed by atoms with Gasteiger partial charge in [-0.2, -0.15) is 15.2 Å². The van der Waals surface area contributed by atoms with E-state index in [2.05, 4.69) is 20.2 Å². The Bertz CT molecular complexity index is 1220. The highest BCUT2D eigenvalue weighted by Gasteiger charge is 2.21. The lowest BCUT2D eigenvalue weighted by molar-refractivity contribution is 0.0526. The van der Waals surface area contributed by atoms with Crippen LogP contribution < -0.4 is 4.74 Å². The zero-order chi connectivity index (χ0) is 21.3. The Labute approximate surface area is 177 Å². The smallest absolute Gasteiger partial charge is 0.341 e. The molecule has 10 heteroatoms. The third kappa shape index (κ3) is 3.48. The number of esters is 1. The molecule has 30 heavy (non-hydrogen) atoms. The first kappa shape index (κ1) is 19.8. The van der Waals surface area contributed by atoms with Crippen molar-refractivity contribution in [2.24, 2.45) is 0 Å². The van der Waals surface area contributed by atoms with Crippen molar-refractivity contribution in [1.82, 2.24) is 29.5 Å². The second-order valence-corrected chi connectivity index (χ2v) is 6.85. The van der Waals surface area contributed by atoms with Gasteiger partial charge in [0.25, 0.3) is 5.95 Å². The van der Waals surface area contributed by atoms with Crippen molar-refractivity contribution in [2.75, 3.05) is 13.7 Å². The summed E-state index contributed by atoms with van der Waals surface area (Å²) in [5.41, 5.74) is 2.43. The highest BCUT2D eigenvalue weighted by atomic mass is 35.5. The fourth-order valence-electron chi connectivity index (χ4n) is 3.16. The molecule has 0 N–H and O–H groups in total. The van der Waals surface area contributed by atoms with Gasteiger partial charge in [0.2, 0.25) is 5.88 Å². The van der Waals surface area contributed by atoms with Gasteiger partial charge in [-0.15, -0.1) is 0 Å². The third-order valence-electron chi connectivity index (χ3n) is 4.61. The van der Waals surface area contributed by atoms with E-state index in [0.29, 0.717) is 27.5 Å². The monoisotopic (exact) mass is 426 g/mol. The minimum atomic E-state index is -0.460. The van der Waals surface area contributed by atoms with Gasteiger partial charge in [0.15, 0.2) is 0 Å². The fourth-order valence-corrected chi connectivity index (χ4v) is 3.45. The quantitative estimate of drug-likeness (QED) is 0.435. The van der Waals surface area contributed by atoms with Crippen LogP contribution in [-0.4, -0.2) is 49.2 Å². The van der Waals surface area contributed by atoms with Crippen LogP contribution in [0.2, 0.25) is 5.02 Å². The summed E-state index contributed by atoms with van der Waals surface area (Å²) in [6, 6.07) is 7.42. The van der Waals surface area contributed by atoms with E-state index in [4.69, 9.17) is 21.1 Å². The predicted octanol–water partition coefficient (Wildman–Crippen LogP) is 3.46. The molecular weight excluding hydrogens is 408 g/mol. The summed E-state index contributed by atoms with van der Waals surface area (Å²) in [5.74, 6) is 0.123. The molecule has 154 valence electrons. The third-order valence-corrected chi connectivity index (χ3v) is 4.96. The van der Waals surface area contributed by atoms with Gasteiger partial charge in [-0.25, -0.2) is 14.5 Å². The van der Waals surface area contributed by atoms with E-state index >= 15 is 0 Å². The summed E-state index contributed by atoms with van der Waals surface area (Å²) in [6.45, 7) is 4.01. The first-order valence-corrected chi connectivity index (χ1v) is 9.67. The van der Waals surface area contributed by atoms with Gasteiger partial charge in [-0.1, -0.05) is 29.8 Å². The number of methoxy groups -OCH3 is 1. The minimum absolute atomic E-state index is 0.167. The molecule has 3 aromatic heterocycles. The molecule has 0 spiro atoms. The minimum Gasteiger partial charge on any atom is -0.479 e. The zero-order valence-electron chi connectivity index (χ0n) is 16.6. The molecular formula is C20H19ClN6O3. The molecule has 0 saturated heterocycles. The first-order chi connectivity index (χ1) is 14.5. The van der Waals surface area contributed by atoms with Crippen molar-refractivity contribution < 1.29 is 14.3 Å². The number of rotatable bonds is 6. The van der Waals surface area contributed by atoms with Crippen molar-refractivity contribution in [3.05, 3.63) is 59.0 Å². The maximum atomic E-state index is 11.9. The van der Waals surface area contributed by atoms with Gasteiger partial charge in [0, 0.05) is 11.2 Å². The van der Waals surface area contributed by atoms with Crippen LogP contribution in [0.25, 0.3) is 17.0 Å². The van der Waals surface area contributed by atoms with Crippen LogP contribution in [0.4, 0.5) is 0 Å². The van der Waals surface area contributed by atoms with E-state index in [9.17, 15) is 4.79 Å². The van der Waals surface area contributed by atoms with E-state index in [1.165, 1.54) is 24.2 Å². The molecule has 0 amide bonds. The Kier molecular flexibility index (Phi) is 5.37. The molecule has 3 heterocycles. The normalized spacial score (nSPS) is 12.1. The molecule has 0 fully saturated rings. The molecule has 4 rings (SSSR count). The number of aromatic nitrogens is 6. The lowest BCUT2D eigenvalue weighted by Crippen LogP contribution is -2.11. The number of carbonyl (C=O) groups excluding carboxylic acids is 1. The molecule has 0 saturated carbocycles. The van der Waals surface area contributed by atoms with Crippen molar-refractivity contribution in [3.8, 4) is 11.8 Å². The predicted molar refractivity (Wildman–Crippen MR) is 110 cm³/mol. The van der Waals surface area contributed by atoms with Crippen LogP contribution >= 0.6 is 11.6 Å². The summed E-state index contributed by atoms with van der Waals surface area (Å²) in [5, 5.41) is 9.30. The van der Waals surface area contributed by atoms with Gasteiger partial charge in [0.05, 0.1) is 37.7 Å². The average molecular weight is 427 g/mol. The van der Waals surface area contributed by atoms with Crippen LogP contribution in [0.3, 0.4) is 0 Å². The van der Waals surface area contributed by atoms with E-state index in [1.807, 2.05) is 31.2 Å².